The van der Waals surface area contributed by atoms with Gasteiger partial charge in [0.25, 0.3) is 0 Å². The predicted octanol–water partition coefficient (Wildman–Crippen LogP) is 0.527. The lowest BCUT2D eigenvalue weighted by Gasteiger charge is -2.23. The van der Waals surface area contributed by atoms with Crippen molar-refractivity contribution >= 4 is 5.91 Å². The summed E-state index contributed by atoms with van der Waals surface area (Å²) < 4.78 is 5.48. The number of carbonyl (C=O) groups is 1. The van der Waals surface area contributed by atoms with Gasteiger partial charge < -0.3 is 15.4 Å². The third-order valence-corrected chi connectivity index (χ3v) is 3.74. The molecule has 16 heavy (non-hydrogen) atoms. The number of amides is 1. The highest BCUT2D eigenvalue weighted by atomic mass is 16.5. The number of rotatable bonds is 3. The predicted molar refractivity (Wildman–Crippen MR) is 62.1 cm³/mol. The fourth-order valence-electron chi connectivity index (χ4n) is 2.50. The van der Waals surface area contributed by atoms with Gasteiger partial charge in [-0.25, -0.2) is 0 Å². The van der Waals surface area contributed by atoms with Crippen LogP contribution in [-0.4, -0.2) is 38.3 Å². The molecule has 0 bridgehead atoms. The number of ether oxygens (including phenoxy) is 1. The molecule has 2 rings (SSSR count). The van der Waals surface area contributed by atoms with Crippen LogP contribution in [0, 0.1) is 11.8 Å². The fraction of sp³-hybridized carbons (Fsp3) is 0.917. The van der Waals surface area contributed by atoms with Crippen molar-refractivity contribution in [3.05, 3.63) is 0 Å². The second-order valence-electron chi connectivity index (χ2n) is 4.91. The molecule has 3 atom stereocenters. The Kier molecular flexibility index (Phi) is 4.18. The topological polar surface area (TPSA) is 50.4 Å². The summed E-state index contributed by atoms with van der Waals surface area (Å²) in [5, 5.41) is 6.33. The van der Waals surface area contributed by atoms with E-state index in [9.17, 15) is 4.79 Å². The van der Waals surface area contributed by atoms with Crippen molar-refractivity contribution in [2.75, 3.05) is 26.2 Å². The van der Waals surface area contributed by atoms with Crippen LogP contribution in [0.15, 0.2) is 0 Å². The van der Waals surface area contributed by atoms with E-state index in [4.69, 9.17) is 4.74 Å². The normalized spacial score (nSPS) is 34.9. The molecule has 0 aromatic heterocycles. The Bertz CT molecular complexity index is 239. The second-order valence-corrected chi connectivity index (χ2v) is 4.91. The molecule has 0 spiro atoms. The minimum Gasteiger partial charge on any atom is -0.378 e. The van der Waals surface area contributed by atoms with E-state index in [0.29, 0.717) is 12.0 Å². The molecule has 1 amide bonds. The lowest BCUT2D eigenvalue weighted by atomic mass is 9.98. The van der Waals surface area contributed by atoms with Crippen LogP contribution in [0.1, 0.15) is 26.2 Å². The zero-order chi connectivity index (χ0) is 11.4. The summed E-state index contributed by atoms with van der Waals surface area (Å²) in [6, 6.07) is 0. The number of hydrogen-bond donors (Lipinski definition) is 2. The smallest absolute Gasteiger partial charge is 0.224 e. The van der Waals surface area contributed by atoms with Gasteiger partial charge in [-0.05, 0) is 32.7 Å². The quantitative estimate of drug-likeness (QED) is 0.738. The Morgan fingerprint density at radius 3 is 3.00 bits per heavy atom. The zero-order valence-electron chi connectivity index (χ0n) is 10.00. The zero-order valence-corrected chi connectivity index (χ0v) is 10.00. The van der Waals surface area contributed by atoms with Crippen LogP contribution in [0.4, 0.5) is 0 Å². The van der Waals surface area contributed by atoms with Gasteiger partial charge >= 0.3 is 0 Å². The summed E-state index contributed by atoms with van der Waals surface area (Å²) in [5.41, 5.74) is 0. The molecule has 2 fully saturated rings. The fourth-order valence-corrected chi connectivity index (χ4v) is 2.50. The maximum Gasteiger partial charge on any atom is 0.224 e. The van der Waals surface area contributed by atoms with Crippen LogP contribution in [0.2, 0.25) is 0 Å². The molecule has 2 saturated heterocycles. The van der Waals surface area contributed by atoms with E-state index in [2.05, 4.69) is 17.6 Å². The molecule has 2 unspecified atom stereocenters. The van der Waals surface area contributed by atoms with Gasteiger partial charge in [-0.2, -0.15) is 0 Å². The van der Waals surface area contributed by atoms with Crippen LogP contribution in [0.25, 0.3) is 0 Å². The highest BCUT2D eigenvalue weighted by Crippen LogP contribution is 2.19. The van der Waals surface area contributed by atoms with E-state index in [1.807, 2.05) is 0 Å². The summed E-state index contributed by atoms with van der Waals surface area (Å²) in [5.74, 6) is 0.887. The van der Waals surface area contributed by atoms with E-state index in [-0.39, 0.29) is 11.8 Å². The first kappa shape index (κ1) is 11.9. The minimum absolute atomic E-state index is 0.173. The Morgan fingerprint density at radius 1 is 1.50 bits per heavy atom. The van der Waals surface area contributed by atoms with Crippen molar-refractivity contribution in [1.29, 1.82) is 0 Å². The second kappa shape index (κ2) is 5.64. The molecule has 0 aliphatic carbocycles. The van der Waals surface area contributed by atoms with Crippen LogP contribution < -0.4 is 10.6 Å². The third kappa shape index (κ3) is 2.95. The van der Waals surface area contributed by atoms with Gasteiger partial charge in [-0.15, -0.1) is 0 Å². The maximum atomic E-state index is 11.9. The first-order valence-corrected chi connectivity index (χ1v) is 6.37. The molecule has 4 heteroatoms. The standard InChI is InChI=1S/C12H22N2O2/c1-9-10(4-6-16-9)8-14-12(15)11-3-2-5-13-7-11/h9-11,13H,2-8H2,1H3,(H,14,15)/t9?,10?,11-/m0/s1. The number of nitrogens with one attached hydrogen (secondary N) is 2. The van der Waals surface area contributed by atoms with Gasteiger partial charge in [0.15, 0.2) is 0 Å². The SMILES string of the molecule is CC1OCCC1CNC(=O)[C@H]1CCCNC1. The van der Waals surface area contributed by atoms with Gasteiger partial charge in [0, 0.05) is 25.6 Å². The van der Waals surface area contributed by atoms with Crippen LogP contribution in [0.3, 0.4) is 0 Å². The third-order valence-electron chi connectivity index (χ3n) is 3.74. The van der Waals surface area contributed by atoms with Gasteiger partial charge in [-0.3, -0.25) is 4.79 Å². The monoisotopic (exact) mass is 226 g/mol. The van der Waals surface area contributed by atoms with Crippen molar-refractivity contribution < 1.29 is 9.53 Å². The van der Waals surface area contributed by atoms with Gasteiger partial charge in [0.05, 0.1) is 12.0 Å². The van der Waals surface area contributed by atoms with Crippen LogP contribution in [-0.2, 0) is 9.53 Å². The van der Waals surface area contributed by atoms with E-state index in [0.717, 1.165) is 45.5 Å². The molecule has 2 heterocycles. The Labute approximate surface area is 97.1 Å². The molecule has 0 aromatic carbocycles. The first-order chi connectivity index (χ1) is 7.77. The first-order valence-electron chi connectivity index (χ1n) is 6.37. The molecule has 0 aromatic rings. The molecule has 4 nitrogen and oxygen atoms in total. The maximum absolute atomic E-state index is 11.9. The van der Waals surface area contributed by atoms with Crippen molar-refractivity contribution in [2.45, 2.75) is 32.3 Å². The summed E-state index contributed by atoms with van der Waals surface area (Å²) in [4.78, 5) is 11.9. The molecular weight excluding hydrogens is 204 g/mol. The molecular formula is C12H22N2O2. The molecule has 2 aliphatic heterocycles. The number of carbonyl (C=O) groups excluding carboxylic acids is 1. The van der Waals surface area contributed by atoms with Crippen LogP contribution >= 0.6 is 0 Å². The molecule has 0 radical (unpaired) electrons. The molecule has 2 N–H and O–H groups in total. The Hall–Kier alpha value is -0.610. The number of hydrogen-bond acceptors (Lipinski definition) is 3. The van der Waals surface area contributed by atoms with Crippen molar-refractivity contribution in [3.63, 3.8) is 0 Å². The van der Waals surface area contributed by atoms with E-state index >= 15 is 0 Å². The van der Waals surface area contributed by atoms with E-state index in [1.165, 1.54) is 0 Å². The molecule has 92 valence electrons. The lowest BCUT2D eigenvalue weighted by Crippen LogP contribution is -2.42. The average molecular weight is 226 g/mol. The van der Waals surface area contributed by atoms with Gasteiger partial charge in [0.2, 0.25) is 5.91 Å². The highest BCUT2D eigenvalue weighted by Gasteiger charge is 2.26. The van der Waals surface area contributed by atoms with Crippen LogP contribution in [0.5, 0.6) is 0 Å². The highest BCUT2D eigenvalue weighted by molar-refractivity contribution is 5.78. The Balaban J connectivity index is 1.70. The number of piperidine rings is 1. The van der Waals surface area contributed by atoms with Crippen molar-refractivity contribution in [2.24, 2.45) is 11.8 Å². The van der Waals surface area contributed by atoms with Gasteiger partial charge in [-0.1, -0.05) is 0 Å². The molecule has 0 saturated carbocycles. The lowest BCUT2D eigenvalue weighted by molar-refractivity contribution is -0.125. The van der Waals surface area contributed by atoms with Crippen molar-refractivity contribution in [3.8, 4) is 0 Å². The Morgan fingerprint density at radius 2 is 2.38 bits per heavy atom. The summed E-state index contributed by atoms with van der Waals surface area (Å²) in [6.07, 6.45) is 3.51. The minimum atomic E-state index is 0.173. The largest absolute Gasteiger partial charge is 0.378 e. The van der Waals surface area contributed by atoms with Gasteiger partial charge in [0.1, 0.15) is 0 Å². The summed E-state index contributed by atoms with van der Waals surface area (Å²) in [6.45, 7) is 5.59. The van der Waals surface area contributed by atoms with Crippen molar-refractivity contribution in [1.82, 2.24) is 10.6 Å². The summed E-state index contributed by atoms with van der Waals surface area (Å²) >= 11 is 0. The summed E-state index contributed by atoms with van der Waals surface area (Å²) in [7, 11) is 0. The molecule has 2 aliphatic rings. The van der Waals surface area contributed by atoms with E-state index in [1.54, 1.807) is 0 Å². The van der Waals surface area contributed by atoms with E-state index < -0.39 is 0 Å². The average Bonchev–Trinajstić information content (AvgIpc) is 2.73.